The van der Waals surface area contributed by atoms with E-state index in [1.807, 2.05) is 0 Å². The first kappa shape index (κ1) is 16.1. The number of fused-ring (bicyclic) bond motifs is 1. The van der Waals surface area contributed by atoms with E-state index in [9.17, 15) is 26.4 Å². The SMILES string of the molecule is COC(=O)c1ccc2c(c1)C(OS(=O)(=O)C(F)(F)F)=CCO2. The monoisotopic (exact) mass is 338 g/mol. The van der Waals surface area contributed by atoms with Gasteiger partial charge in [-0.15, -0.1) is 0 Å². The van der Waals surface area contributed by atoms with Crippen molar-refractivity contribution in [2.75, 3.05) is 13.7 Å². The molecule has 22 heavy (non-hydrogen) atoms. The number of halogens is 3. The Morgan fingerprint density at radius 3 is 2.59 bits per heavy atom. The average molecular weight is 338 g/mol. The number of benzene rings is 1. The molecule has 0 atom stereocenters. The molecular weight excluding hydrogens is 329 g/mol. The number of carbonyl (C=O) groups excluding carboxylic acids is 1. The first-order valence-electron chi connectivity index (χ1n) is 5.72. The van der Waals surface area contributed by atoms with Gasteiger partial charge >= 0.3 is 21.6 Å². The van der Waals surface area contributed by atoms with E-state index >= 15 is 0 Å². The third-order valence-corrected chi connectivity index (χ3v) is 3.62. The van der Waals surface area contributed by atoms with Gasteiger partial charge < -0.3 is 13.7 Å². The maximum absolute atomic E-state index is 12.4. The van der Waals surface area contributed by atoms with Crippen molar-refractivity contribution in [2.45, 2.75) is 5.51 Å². The first-order valence-corrected chi connectivity index (χ1v) is 7.13. The zero-order valence-corrected chi connectivity index (χ0v) is 11.8. The van der Waals surface area contributed by atoms with Crippen LogP contribution in [0.3, 0.4) is 0 Å². The Bertz CT molecular complexity index is 736. The molecule has 0 N–H and O–H groups in total. The van der Waals surface area contributed by atoms with Crippen LogP contribution < -0.4 is 4.74 Å². The van der Waals surface area contributed by atoms with E-state index in [0.29, 0.717) is 0 Å². The van der Waals surface area contributed by atoms with E-state index in [2.05, 4.69) is 8.92 Å². The minimum atomic E-state index is -5.82. The molecule has 10 heteroatoms. The summed E-state index contributed by atoms with van der Waals surface area (Å²) < 4.78 is 73.0. The lowest BCUT2D eigenvalue weighted by Gasteiger charge is -2.19. The highest BCUT2D eigenvalue weighted by Gasteiger charge is 2.49. The molecule has 2 rings (SSSR count). The molecule has 6 nitrogen and oxygen atoms in total. The summed E-state index contributed by atoms with van der Waals surface area (Å²) in [7, 11) is -4.69. The van der Waals surface area contributed by atoms with Gasteiger partial charge in [0.25, 0.3) is 0 Å². The summed E-state index contributed by atoms with van der Waals surface area (Å²) in [6.07, 6.45) is 1.02. The van der Waals surface area contributed by atoms with Crippen molar-refractivity contribution in [3.05, 3.63) is 35.4 Å². The Labute approximate surface area is 123 Å². The lowest BCUT2D eigenvalue weighted by molar-refractivity contribution is -0.0509. The number of ether oxygens (including phenoxy) is 2. The molecule has 1 aromatic carbocycles. The fourth-order valence-electron chi connectivity index (χ4n) is 1.65. The van der Waals surface area contributed by atoms with Crippen molar-refractivity contribution >= 4 is 21.8 Å². The molecule has 120 valence electrons. The summed E-state index contributed by atoms with van der Waals surface area (Å²) in [6.45, 7) is -0.173. The summed E-state index contributed by atoms with van der Waals surface area (Å²) in [5.41, 5.74) is -5.65. The number of hydrogen-bond donors (Lipinski definition) is 0. The quantitative estimate of drug-likeness (QED) is 0.477. The second-order valence-corrected chi connectivity index (χ2v) is 5.60. The molecule has 0 bridgehead atoms. The largest absolute Gasteiger partial charge is 0.534 e. The molecular formula is C12H9F3O6S. The summed E-state index contributed by atoms with van der Waals surface area (Å²) >= 11 is 0. The van der Waals surface area contributed by atoms with Crippen LogP contribution in [0.5, 0.6) is 5.75 Å². The lowest BCUT2D eigenvalue weighted by atomic mass is 10.1. The van der Waals surface area contributed by atoms with Gasteiger partial charge in [0, 0.05) is 0 Å². The minimum Gasteiger partial charge on any atom is -0.489 e. The summed E-state index contributed by atoms with van der Waals surface area (Å²) in [5.74, 6) is -1.22. The zero-order chi connectivity index (χ0) is 16.5. The minimum absolute atomic E-state index is 0.00524. The van der Waals surface area contributed by atoms with Gasteiger partial charge in [0.15, 0.2) is 5.76 Å². The zero-order valence-electron chi connectivity index (χ0n) is 11.0. The highest BCUT2D eigenvalue weighted by molar-refractivity contribution is 7.87. The van der Waals surface area contributed by atoms with Gasteiger partial charge in [0.1, 0.15) is 12.4 Å². The fourth-order valence-corrected chi connectivity index (χ4v) is 2.14. The van der Waals surface area contributed by atoms with Gasteiger partial charge in [0.2, 0.25) is 0 Å². The Morgan fingerprint density at radius 1 is 1.32 bits per heavy atom. The molecule has 0 unspecified atom stereocenters. The maximum Gasteiger partial charge on any atom is 0.534 e. The van der Waals surface area contributed by atoms with Crippen molar-refractivity contribution in [1.29, 1.82) is 0 Å². The van der Waals surface area contributed by atoms with Crippen LogP contribution in [0, 0.1) is 0 Å². The van der Waals surface area contributed by atoms with E-state index in [-0.39, 0.29) is 23.5 Å². The molecule has 0 fully saturated rings. The lowest BCUT2D eigenvalue weighted by Crippen LogP contribution is -2.25. The van der Waals surface area contributed by atoms with Gasteiger partial charge in [0.05, 0.1) is 18.2 Å². The van der Waals surface area contributed by atoms with Crippen LogP contribution in [-0.4, -0.2) is 33.6 Å². The van der Waals surface area contributed by atoms with Crippen LogP contribution in [0.15, 0.2) is 24.3 Å². The van der Waals surface area contributed by atoms with Crippen LogP contribution in [0.25, 0.3) is 5.76 Å². The van der Waals surface area contributed by atoms with Gasteiger partial charge in [-0.05, 0) is 24.3 Å². The fraction of sp³-hybridized carbons (Fsp3) is 0.250. The first-order chi connectivity index (χ1) is 10.2. The number of carbonyl (C=O) groups is 1. The molecule has 1 aliphatic rings. The van der Waals surface area contributed by atoms with Crippen molar-refractivity contribution in [2.24, 2.45) is 0 Å². The van der Waals surface area contributed by atoms with E-state index in [1.165, 1.54) is 12.1 Å². The third kappa shape index (κ3) is 3.01. The van der Waals surface area contributed by atoms with Crippen molar-refractivity contribution < 1.29 is 40.0 Å². The summed E-state index contributed by atoms with van der Waals surface area (Å²) in [4.78, 5) is 11.4. The van der Waals surface area contributed by atoms with Crippen molar-refractivity contribution in [1.82, 2.24) is 0 Å². The molecule has 1 aliphatic heterocycles. The molecule has 0 amide bonds. The summed E-state index contributed by atoms with van der Waals surface area (Å²) in [5, 5.41) is 0. The molecule has 1 aromatic rings. The molecule has 0 aromatic heterocycles. The summed E-state index contributed by atoms with van der Waals surface area (Å²) in [6, 6.07) is 3.75. The number of rotatable bonds is 3. The molecule has 1 heterocycles. The van der Waals surface area contributed by atoms with E-state index in [1.54, 1.807) is 0 Å². The number of hydrogen-bond acceptors (Lipinski definition) is 6. The van der Waals surface area contributed by atoms with Crippen LogP contribution in [0.1, 0.15) is 15.9 Å². The van der Waals surface area contributed by atoms with E-state index in [4.69, 9.17) is 4.74 Å². The highest BCUT2D eigenvalue weighted by atomic mass is 32.2. The third-order valence-electron chi connectivity index (χ3n) is 2.66. The van der Waals surface area contributed by atoms with E-state index < -0.39 is 27.4 Å². The Balaban J connectivity index is 2.42. The van der Waals surface area contributed by atoms with Crippen LogP contribution >= 0.6 is 0 Å². The maximum atomic E-state index is 12.4. The molecule has 0 spiro atoms. The Hall–Kier alpha value is -2.23. The van der Waals surface area contributed by atoms with Crippen molar-refractivity contribution in [3.63, 3.8) is 0 Å². The predicted molar refractivity (Wildman–Crippen MR) is 67.3 cm³/mol. The highest BCUT2D eigenvalue weighted by Crippen LogP contribution is 2.35. The predicted octanol–water partition coefficient (Wildman–Crippen LogP) is 2.07. The van der Waals surface area contributed by atoms with Gasteiger partial charge in [-0.3, -0.25) is 0 Å². The van der Waals surface area contributed by atoms with Gasteiger partial charge in [-0.1, -0.05) is 0 Å². The second kappa shape index (κ2) is 5.52. The molecule has 0 aliphatic carbocycles. The smallest absolute Gasteiger partial charge is 0.489 e. The molecule has 0 radical (unpaired) electrons. The van der Waals surface area contributed by atoms with E-state index in [0.717, 1.165) is 19.3 Å². The topological polar surface area (TPSA) is 78.9 Å². The molecule has 0 saturated heterocycles. The average Bonchev–Trinajstić information content (AvgIpc) is 2.45. The Morgan fingerprint density at radius 2 is 2.00 bits per heavy atom. The van der Waals surface area contributed by atoms with Gasteiger partial charge in [-0.2, -0.15) is 21.6 Å². The van der Waals surface area contributed by atoms with Crippen LogP contribution in [0.4, 0.5) is 13.2 Å². The van der Waals surface area contributed by atoms with Crippen molar-refractivity contribution in [3.8, 4) is 5.75 Å². The normalized spacial score (nSPS) is 14.5. The number of alkyl halides is 3. The van der Waals surface area contributed by atoms with Gasteiger partial charge in [-0.25, -0.2) is 4.79 Å². The molecule has 0 saturated carbocycles. The number of esters is 1. The van der Waals surface area contributed by atoms with Crippen LogP contribution in [0.2, 0.25) is 0 Å². The standard InChI is InChI=1S/C12H9F3O6S/c1-19-11(16)7-2-3-9-8(6-7)10(4-5-20-9)21-22(17,18)12(13,14)15/h2-4,6H,5H2,1H3. The Kier molecular flexibility index (Phi) is 4.05. The van der Waals surface area contributed by atoms with Crippen LogP contribution in [-0.2, 0) is 19.0 Å². The second-order valence-electron chi connectivity index (χ2n) is 4.07. The number of methoxy groups -OCH3 is 1.